The Morgan fingerprint density at radius 2 is 2.07 bits per heavy atom. The van der Waals surface area contributed by atoms with Crippen LogP contribution in [0.3, 0.4) is 0 Å². The summed E-state index contributed by atoms with van der Waals surface area (Å²) in [5, 5.41) is 4.72. The second-order valence-electron chi connectivity index (χ2n) is 4.52. The molecule has 0 aliphatic carbocycles. The zero-order valence-corrected chi connectivity index (χ0v) is 10.1. The van der Waals surface area contributed by atoms with Gasteiger partial charge in [-0.3, -0.25) is 0 Å². The normalized spacial score (nSPS) is 25.5. The maximum absolute atomic E-state index is 2.46. The molecular weight excluding hydrogens is 210 g/mol. The number of thioether (sulfide) groups is 1. The average molecular weight is 225 g/mol. The minimum absolute atomic E-state index is 0.548. The molecule has 1 nitrogen and oxygen atoms in total. The van der Waals surface area contributed by atoms with Crippen molar-refractivity contribution in [2.24, 2.45) is 0 Å². The zero-order chi connectivity index (χ0) is 9.60. The Kier molecular flexibility index (Phi) is 2.15. The van der Waals surface area contributed by atoms with Crippen molar-refractivity contribution in [1.29, 1.82) is 0 Å². The van der Waals surface area contributed by atoms with Crippen LogP contribution in [0.5, 0.6) is 0 Å². The largest absolute Gasteiger partial charge is 0.306 e. The van der Waals surface area contributed by atoms with Gasteiger partial charge in [0, 0.05) is 21.4 Å². The lowest BCUT2D eigenvalue weighted by atomic mass is 9.76. The number of hydrogen-bond acceptors (Lipinski definition) is 3. The van der Waals surface area contributed by atoms with E-state index in [1.54, 1.807) is 10.5 Å². The summed E-state index contributed by atoms with van der Waals surface area (Å²) >= 11 is 3.95. The maximum atomic E-state index is 2.46. The predicted octanol–water partition coefficient (Wildman–Crippen LogP) is 2.82. The first-order valence-corrected chi connectivity index (χ1v) is 7.11. The van der Waals surface area contributed by atoms with Gasteiger partial charge < -0.3 is 4.90 Å². The molecule has 0 atom stereocenters. The first kappa shape index (κ1) is 9.25. The van der Waals surface area contributed by atoms with E-state index in [9.17, 15) is 0 Å². The topological polar surface area (TPSA) is 3.24 Å². The summed E-state index contributed by atoms with van der Waals surface area (Å²) in [4.78, 5) is 4.03. The number of piperidine rings is 1. The van der Waals surface area contributed by atoms with Gasteiger partial charge in [-0.15, -0.1) is 11.8 Å². The van der Waals surface area contributed by atoms with Crippen molar-refractivity contribution in [3.05, 3.63) is 16.3 Å². The summed E-state index contributed by atoms with van der Waals surface area (Å²) in [5.41, 5.74) is 2.22. The number of rotatable bonds is 0. The van der Waals surface area contributed by atoms with Crippen molar-refractivity contribution >= 4 is 23.1 Å². The Bertz CT molecular complexity index is 337. The summed E-state index contributed by atoms with van der Waals surface area (Å²) in [6.45, 7) is 2.55. The molecule has 0 saturated carbocycles. The van der Waals surface area contributed by atoms with Gasteiger partial charge in [-0.1, -0.05) is 0 Å². The summed E-state index contributed by atoms with van der Waals surface area (Å²) in [6.07, 6.45) is 2.72. The molecule has 1 aromatic rings. The monoisotopic (exact) mass is 225 g/mol. The van der Waals surface area contributed by atoms with Gasteiger partial charge >= 0.3 is 0 Å². The number of nitrogens with zero attached hydrogens (tertiary/aromatic N) is 1. The molecule has 76 valence electrons. The summed E-state index contributed by atoms with van der Waals surface area (Å²) in [7, 11) is 2.24. The Labute approximate surface area is 93.5 Å². The number of hydrogen-bond donors (Lipinski definition) is 0. The highest BCUT2D eigenvalue weighted by Gasteiger charge is 2.41. The van der Waals surface area contributed by atoms with Crippen LogP contribution in [0.25, 0.3) is 0 Å². The zero-order valence-electron chi connectivity index (χ0n) is 8.45. The third kappa shape index (κ3) is 1.26. The smallest absolute Gasteiger partial charge is 0.0217 e. The Morgan fingerprint density at radius 3 is 2.86 bits per heavy atom. The number of likely N-dealkylation sites (tertiary alicyclic amines) is 1. The van der Waals surface area contributed by atoms with E-state index >= 15 is 0 Å². The van der Waals surface area contributed by atoms with Crippen molar-refractivity contribution in [2.75, 3.05) is 25.9 Å². The van der Waals surface area contributed by atoms with E-state index in [0.29, 0.717) is 5.41 Å². The molecule has 1 fully saturated rings. The lowest BCUT2D eigenvalue weighted by Gasteiger charge is -2.37. The van der Waals surface area contributed by atoms with Crippen LogP contribution in [0, 0.1) is 0 Å². The highest BCUT2D eigenvalue weighted by molar-refractivity contribution is 7.99. The maximum Gasteiger partial charge on any atom is 0.0217 e. The molecule has 14 heavy (non-hydrogen) atoms. The molecule has 0 amide bonds. The number of thiophene rings is 1. The van der Waals surface area contributed by atoms with Crippen LogP contribution in [0.4, 0.5) is 0 Å². The van der Waals surface area contributed by atoms with Gasteiger partial charge in [0.25, 0.3) is 0 Å². The third-order valence-corrected chi connectivity index (χ3v) is 5.88. The number of fused-ring (bicyclic) bond motifs is 2. The van der Waals surface area contributed by atoms with Crippen molar-refractivity contribution in [2.45, 2.75) is 23.2 Å². The van der Waals surface area contributed by atoms with Gasteiger partial charge in [0.1, 0.15) is 0 Å². The predicted molar refractivity (Wildman–Crippen MR) is 63.5 cm³/mol. The fourth-order valence-corrected chi connectivity index (χ4v) is 5.19. The van der Waals surface area contributed by atoms with Gasteiger partial charge in [0.2, 0.25) is 0 Å². The molecule has 2 aliphatic heterocycles. The highest BCUT2D eigenvalue weighted by atomic mass is 32.2. The van der Waals surface area contributed by atoms with E-state index in [-0.39, 0.29) is 0 Å². The molecule has 0 N–H and O–H groups in total. The van der Waals surface area contributed by atoms with Gasteiger partial charge in [-0.25, -0.2) is 0 Å². The van der Waals surface area contributed by atoms with E-state index in [1.165, 1.54) is 31.7 Å². The second kappa shape index (κ2) is 3.26. The minimum Gasteiger partial charge on any atom is -0.306 e. The lowest BCUT2D eigenvalue weighted by Crippen LogP contribution is -2.40. The van der Waals surface area contributed by atoms with Crippen LogP contribution in [0.15, 0.2) is 15.7 Å². The van der Waals surface area contributed by atoms with Crippen molar-refractivity contribution < 1.29 is 0 Å². The van der Waals surface area contributed by atoms with Crippen molar-refractivity contribution in [1.82, 2.24) is 4.90 Å². The third-order valence-electron chi connectivity index (χ3n) is 3.65. The molecule has 3 rings (SSSR count). The summed E-state index contributed by atoms with van der Waals surface area (Å²) in [5.74, 6) is 1.33. The van der Waals surface area contributed by atoms with Gasteiger partial charge in [-0.2, -0.15) is 11.3 Å². The molecule has 2 aliphatic rings. The molecule has 3 heterocycles. The molecule has 1 spiro atoms. The van der Waals surface area contributed by atoms with Crippen molar-refractivity contribution in [3.8, 4) is 0 Å². The molecule has 0 bridgehead atoms. The quantitative estimate of drug-likeness (QED) is 0.668. The first-order valence-electron chi connectivity index (χ1n) is 5.18. The van der Waals surface area contributed by atoms with E-state index in [0.717, 1.165) is 0 Å². The van der Waals surface area contributed by atoms with E-state index in [4.69, 9.17) is 0 Å². The Balaban J connectivity index is 1.92. The van der Waals surface area contributed by atoms with Crippen molar-refractivity contribution in [3.63, 3.8) is 0 Å². The molecular formula is C11H15NS2. The summed E-state index contributed by atoms with van der Waals surface area (Å²) in [6, 6.07) is 0. The first-order chi connectivity index (χ1) is 6.80. The SMILES string of the molecule is CN1CCC2(CC1)CSc1cscc12. The van der Waals surface area contributed by atoms with Gasteiger partial charge in [-0.05, 0) is 43.9 Å². The van der Waals surface area contributed by atoms with E-state index < -0.39 is 0 Å². The molecule has 0 unspecified atom stereocenters. The van der Waals surface area contributed by atoms with Crippen LogP contribution < -0.4 is 0 Å². The molecule has 0 radical (unpaired) electrons. The lowest BCUT2D eigenvalue weighted by molar-refractivity contribution is 0.204. The average Bonchev–Trinajstić information content (AvgIpc) is 2.75. The highest BCUT2D eigenvalue weighted by Crippen LogP contribution is 2.50. The van der Waals surface area contributed by atoms with Crippen LogP contribution in [0.1, 0.15) is 18.4 Å². The van der Waals surface area contributed by atoms with Crippen LogP contribution in [0.2, 0.25) is 0 Å². The molecule has 3 heteroatoms. The van der Waals surface area contributed by atoms with Crippen LogP contribution in [-0.2, 0) is 5.41 Å². The molecule has 1 saturated heterocycles. The fourth-order valence-electron chi connectivity index (χ4n) is 2.54. The Morgan fingerprint density at radius 1 is 1.29 bits per heavy atom. The fraction of sp³-hybridized carbons (Fsp3) is 0.636. The minimum atomic E-state index is 0.548. The second-order valence-corrected chi connectivity index (χ2v) is 6.28. The van der Waals surface area contributed by atoms with Gasteiger partial charge in [0.15, 0.2) is 0 Å². The molecule has 0 aromatic carbocycles. The van der Waals surface area contributed by atoms with Crippen LogP contribution >= 0.6 is 23.1 Å². The molecule has 1 aromatic heterocycles. The summed E-state index contributed by atoms with van der Waals surface area (Å²) < 4.78 is 0. The Hall–Kier alpha value is 0.0100. The van der Waals surface area contributed by atoms with E-state index in [1.807, 2.05) is 11.3 Å². The van der Waals surface area contributed by atoms with Gasteiger partial charge in [0.05, 0.1) is 0 Å². The van der Waals surface area contributed by atoms with Crippen LogP contribution in [-0.4, -0.2) is 30.8 Å². The van der Waals surface area contributed by atoms with E-state index in [2.05, 4.69) is 34.5 Å². The standard InChI is InChI=1S/C11H15NS2/c1-12-4-2-11(3-5-12)8-14-10-7-13-6-9(10)11/h6-7H,2-5,8H2,1H3.